The van der Waals surface area contributed by atoms with Gasteiger partial charge in [0.2, 0.25) is 0 Å². The number of benzene rings is 7. The fourth-order valence-electron chi connectivity index (χ4n) is 7.34. The third-order valence-electron chi connectivity index (χ3n) is 9.58. The van der Waals surface area contributed by atoms with Gasteiger partial charge in [-0.1, -0.05) is 78.9 Å². The minimum absolute atomic E-state index is 0.558. The van der Waals surface area contributed by atoms with E-state index >= 15 is 0 Å². The summed E-state index contributed by atoms with van der Waals surface area (Å²) in [5, 5.41) is 33.6. The number of nitrogens with zero attached hydrogens (tertiary/aromatic N) is 5. The maximum atomic E-state index is 9.97. The molecule has 0 bridgehead atoms. The van der Waals surface area contributed by atoms with Crippen LogP contribution in [-0.2, 0) is 0 Å². The Morgan fingerprint density at radius 3 is 1.70 bits per heavy atom. The first-order valence-corrected chi connectivity index (χ1v) is 16.3. The molecule has 0 radical (unpaired) electrons. The number of hydrogen-bond donors (Lipinski definition) is 0. The van der Waals surface area contributed by atoms with E-state index in [1.54, 1.807) is 0 Å². The number of para-hydroxylation sites is 2. The van der Waals surface area contributed by atoms with Crippen LogP contribution in [0.1, 0.15) is 16.7 Å². The summed E-state index contributed by atoms with van der Waals surface area (Å²) in [7, 11) is 0. The summed E-state index contributed by atoms with van der Waals surface area (Å²) in [5.74, 6) is 0. The highest BCUT2D eigenvalue weighted by Crippen LogP contribution is 2.39. The third kappa shape index (κ3) is 4.45. The topological polar surface area (TPSA) is 81.2 Å². The van der Waals surface area contributed by atoms with Crippen molar-refractivity contribution in [3.05, 3.63) is 168 Å². The van der Waals surface area contributed by atoms with Crippen LogP contribution in [0.5, 0.6) is 0 Å². The second-order valence-corrected chi connectivity index (χ2v) is 12.4. The molecule has 2 aromatic heterocycles. The average molecular weight is 636 g/mol. The van der Waals surface area contributed by atoms with E-state index in [-0.39, 0.29) is 0 Å². The average Bonchev–Trinajstić information content (AvgIpc) is 3.69. The van der Waals surface area contributed by atoms with E-state index < -0.39 is 0 Å². The second kappa shape index (κ2) is 11.4. The summed E-state index contributed by atoms with van der Waals surface area (Å²) < 4.78 is 4.44. The molecule has 9 rings (SSSR count). The molecular weight excluding hydrogens is 611 g/mol. The molecule has 230 valence electrons. The summed E-state index contributed by atoms with van der Waals surface area (Å²) in [6.07, 6.45) is 0. The van der Waals surface area contributed by atoms with Crippen molar-refractivity contribution in [2.24, 2.45) is 0 Å². The van der Waals surface area contributed by atoms with Crippen molar-refractivity contribution in [3.8, 4) is 51.8 Å². The lowest BCUT2D eigenvalue weighted by Gasteiger charge is -2.16. The largest absolute Gasteiger partial charge is 0.309 e. The fraction of sp³-hybridized carbons (Fsp3) is 0. The lowest BCUT2D eigenvalue weighted by Crippen LogP contribution is -1.99. The van der Waals surface area contributed by atoms with Crippen LogP contribution < -0.4 is 0 Å². The number of fused-ring (bicyclic) bond motifs is 6. The zero-order valence-corrected chi connectivity index (χ0v) is 26.7. The van der Waals surface area contributed by atoms with Crippen molar-refractivity contribution in [2.45, 2.75) is 0 Å². The maximum absolute atomic E-state index is 9.97. The molecule has 0 aliphatic heterocycles. The van der Waals surface area contributed by atoms with Gasteiger partial charge in [-0.25, -0.2) is 0 Å². The van der Waals surface area contributed by atoms with E-state index in [4.69, 9.17) is 0 Å². The van der Waals surface area contributed by atoms with E-state index in [0.717, 1.165) is 77.2 Å². The van der Waals surface area contributed by atoms with Gasteiger partial charge in [0.1, 0.15) is 0 Å². The third-order valence-corrected chi connectivity index (χ3v) is 9.58. The SMILES string of the molecule is N#Cc1ccc(-c2cccc(-c3cccc(-n4c5ccccc5c5cc(C#N)ccc54)c3)c2)c(-n2c3ccccc3c3ccc(C#N)cc32)c1. The van der Waals surface area contributed by atoms with Crippen molar-refractivity contribution in [3.63, 3.8) is 0 Å². The molecular formula is C45H25N5. The molecule has 0 unspecified atom stereocenters. The first-order valence-electron chi connectivity index (χ1n) is 16.3. The first kappa shape index (κ1) is 28.8. The molecule has 0 aliphatic carbocycles. The predicted molar refractivity (Wildman–Crippen MR) is 200 cm³/mol. The Morgan fingerprint density at radius 1 is 0.360 bits per heavy atom. The van der Waals surface area contributed by atoms with E-state index in [1.165, 1.54) is 0 Å². The van der Waals surface area contributed by atoms with Gasteiger partial charge >= 0.3 is 0 Å². The van der Waals surface area contributed by atoms with Crippen molar-refractivity contribution in [2.75, 3.05) is 0 Å². The zero-order chi connectivity index (χ0) is 33.8. The van der Waals surface area contributed by atoms with Gasteiger partial charge in [-0.15, -0.1) is 0 Å². The van der Waals surface area contributed by atoms with Gasteiger partial charge < -0.3 is 9.13 Å². The van der Waals surface area contributed by atoms with E-state index in [0.29, 0.717) is 16.7 Å². The van der Waals surface area contributed by atoms with Crippen molar-refractivity contribution in [1.82, 2.24) is 9.13 Å². The molecule has 9 aromatic rings. The Labute approximate surface area is 287 Å². The number of aromatic nitrogens is 2. The highest BCUT2D eigenvalue weighted by atomic mass is 15.0. The standard InChI is InChI=1S/C45H25N5/c46-26-29-17-20-43-40(21-29)38-12-2-3-13-41(38)49(43)35-10-6-8-33(25-35)32-7-5-9-34(24-32)36-18-15-30(27-47)22-44(36)50-42-14-4-1-11-37(42)39-19-16-31(28-48)23-45(39)50/h1-25H. The van der Waals surface area contributed by atoms with Crippen molar-refractivity contribution >= 4 is 43.6 Å². The Hall–Kier alpha value is -7.39. The van der Waals surface area contributed by atoms with Crippen LogP contribution >= 0.6 is 0 Å². The Bertz CT molecular complexity index is 2970. The molecule has 0 saturated carbocycles. The molecule has 7 aromatic carbocycles. The van der Waals surface area contributed by atoms with E-state index in [2.05, 4.69) is 100 Å². The Balaban J connectivity index is 1.22. The lowest BCUT2D eigenvalue weighted by molar-refractivity contribution is 1.18. The van der Waals surface area contributed by atoms with Crippen LogP contribution in [0.3, 0.4) is 0 Å². The van der Waals surface area contributed by atoms with Gasteiger partial charge in [-0.3, -0.25) is 0 Å². The molecule has 0 saturated heterocycles. The van der Waals surface area contributed by atoms with Crippen LogP contribution in [0, 0.1) is 34.0 Å². The van der Waals surface area contributed by atoms with Gasteiger partial charge in [0, 0.05) is 32.8 Å². The van der Waals surface area contributed by atoms with Crippen LogP contribution in [-0.4, -0.2) is 9.13 Å². The van der Waals surface area contributed by atoms with Crippen LogP contribution in [0.4, 0.5) is 0 Å². The first-order chi connectivity index (χ1) is 24.6. The molecule has 0 N–H and O–H groups in total. The van der Waals surface area contributed by atoms with Gasteiger partial charge in [0.15, 0.2) is 0 Å². The molecule has 5 nitrogen and oxygen atoms in total. The normalized spacial score (nSPS) is 11.1. The molecule has 0 spiro atoms. The number of nitriles is 3. The molecule has 5 heteroatoms. The van der Waals surface area contributed by atoms with Crippen LogP contribution in [0.25, 0.3) is 77.2 Å². The van der Waals surface area contributed by atoms with Crippen LogP contribution in [0.15, 0.2) is 152 Å². The van der Waals surface area contributed by atoms with E-state index in [9.17, 15) is 15.8 Å². The summed E-state index contributed by atoms with van der Waals surface area (Å²) in [4.78, 5) is 0. The quantitative estimate of drug-likeness (QED) is 0.193. The Kier molecular flexibility index (Phi) is 6.56. The fourth-order valence-corrected chi connectivity index (χ4v) is 7.34. The summed E-state index contributed by atoms with van der Waals surface area (Å²) in [6.45, 7) is 0. The number of hydrogen-bond acceptors (Lipinski definition) is 3. The van der Waals surface area contributed by atoms with Crippen LogP contribution in [0.2, 0.25) is 0 Å². The monoisotopic (exact) mass is 635 g/mol. The van der Waals surface area contributed by atoms with Gasteiger partial charge in [0.25, 0.3) is 0 Å². The zero-order valence-electron chi connectivity index (χ0n) is 26.7. The molecule has 0 fully saturated rings. The van der Waals surface area contributed by atoms with Gasteiger partial charge in [-0.2, -0.15) is 15.8 Å². The lowest BCUT2D eigenvalue weighted by atomic mass is 9.96. The highest BCUT2D eigenvalue weighted by Gasteiger charge is 2.18. The van der Waals surface area contributed by atoms with Crippen molar-refractivity contribution in [1.29, 1.82) is 15.8 Å². The minimum Gasteiger partial charge on any atom is -0.309 e. The molecule has 0 atom stereocenters. The summed E-state index contributed by atoms with van der Waals surface area (Å²) in [5.41, 5.74) is 11.8. The number of rotatable bonds is 4. The van der Waals surface area contributed by atoms with Crippen molar-refractivity contribution < 1.29 is 0 Å². The van der Waals surface area contributed by atoms with E-state index in [1.807, 2.05) is 78.9 Å². The highest BCUT2D eigenvalue weighted by molar-refractivity contribution is 6.11. The minimum atomic E-state index is 0.558. The smallest absolute Gasteiger partial charge is 0.0992 e. The van der Waals surface area contributed by atoms with Gasteiger partial charge in [0.05, 0.1) is 62.7 Å². The summed E-state index contributed by atoms with van der Waals surface area (Å²) in [6, 6.07) is 58.0. The Morgan fingerprint density at radius 2 is 0.920 bits per heavy atom. The molecule has 0 amide bonds. The predicted octanol–water partition coefficient (Wildman–Crippen LogP) is 10.8. The second-order valence-electron chi connectivity index (χ2n) is 12.4. The summed E-state index contributed by atoms with van der Waals surface area (Å²) >= 11 is 0. The molecule has 50 heavy (non-hydrogen) atoms. The maximum Gasteiger partial charge on any atom is 0.0992 e. The molecule has 2 heterocycles. The van der Waals surface area contributed by atoms with Gasteiger partial charge in [-0.05, 0) is 89.5 Å². The molecule has 0 aliphatic rings.